The molecule has 1 aliphatic rings. The molecule has 5 heteroatoms. The summed E-state index contributed by atoms with van der Waals surface area (Å²) in [6, 6.07) is 8.15. The summed E-state index contributed by atoms with van der Waals surface area (Å²) in [6.45, 7) is 4.20. The molecule has 1 fully saturated rings. The van der Waals surface area contributed by atoms with Gasteiger partial charge in [0, 0.05) is 24.2 Å². The normalized spacial score (nSPS) is 16.4. The Labute approximate surface area is 130 Å². The Bertz CT molecular complexity index is 597. The molecule has 2 aromatic rings. The molecule has 1 aromatic carbocycles. The first-order chi connectivity index (χ1) is 10.2. The van der Waals surface area contributed by atoms with Gasteiger partial charge in [-0.15, -0.1) is 0 Å². The van der Waals surface area contributed by atoms with E-state index in [1.54, 1.807) is 0 Å². The molecule has 0 radical (unpaired) electrons. The third kappa shape index (κ3) is 2.92. The fourth-order valence-corrected chi connectivity index (χ4v) is 3.03. The second-order valence-electron chi connectivity index (χ2n) is 5.54. The van der Waals surface area contributed by atoms with Crippen LogP contribution in [0.2, 0.25) is 5.02 Å². The molecule has 21 heavy (non-hydrogen) atoms. The maximum absolute atomic E-state index is 6.00. The number of hydrogen-bond donors (Lipinski definition) is 1. The highest BCUT2D eigenvalue weighted by atomic mass is 35.5. The second kappa shape index (κ2) is 6.08. The van der Waals surface area contributed by atoms with Gasteiger partial charge in [0.05, 0.1) is 23.3 Å². The number of anilines is 1. The molecule has 2 heterocycles. The fourth-order valence-electron chi connectivity index (χ4n) is 2.91. The van der Waals surface area contributed by atoms with Gasteiger partial charge >= 0.3 is 0 Å². The monoisotopic (exact) mass is 304 g/mol. The maximum atomic E-state index is 6.00. The van der Waals surface area contributed by atoms with E-state index in [2.05, 4.69) is 16.9 Å². The summed E-state index contributed by atoms with van der Waals surface area (Å²) in [5.74, 6) is 0. The van der Waals surface area contributed by atoms with E-state index in [1.165, 1.54) is 11.4 Å². The first-order valence-corrected chi connectivity index (χ1v) is 7.90. The van der Waals surface area contributed by atoms with Gasteiger partial charge in [-0.25, -0.2) is 4.68 Å². The summed E-state index contributed by atoms with van der Waals surface area (Å²) in [6.07, 6.45) is 5.02. The topological polar surface area (TPSA) is 47.1 Å². The molecule has 0 amide bonds. The third-order valence-electron chi connectivity index (χ3n) is 4.13. The Balaban J connectivity index is 1.91. The lowest BCUT2D eigenvalue weighted by molar-refractivity contribution is 0.500. The van der Waals surface area contributed by atoms with Crippen LogP contribution in [0.1, 0.15) is 25.5 Å². The van der Waals surface area contributed by atoms with E-state index in [-0.39, 0.29) is 0 Å². The number of rotatable bonds is 3. The van der Waals surface area contributed by atoms with Gasteiger partial charge in [0.15, 0.2) is 0 Å². The zero-order valence-corrected chi connectivity index (χ0v) is 13.1. The average Bonchev–Trinajstić information content (AvgIpc) is 2.92. The van der Waals surface area contributed by atoms with Crippen LogP contribution >= 0.6 is 11.6 Å². The molecule has 0 atom stereocenters. The lowest BCUT2D eigenvalue weighted by Gasteiger charge is -2.31. The molecule has 2 N–H and O–H groups in total. The molecule has 112 valence electrons. The van der Waals surface area contributed by atoms with Crippen LogP contribution in [-0.4, -0.2) is 28.9 Å². The zero-order chi connectivity index (χ0) is 14.8. The molecule has 0 spiro atoms. The number of nitrogens with two attached hydrogens (primary N) is 1. The van der Waals surface area contributed by atoms with Crippen molar-refractivity contribution in [2.75, 3.05) is 18.0 Å². The minimum Gasteiger partial charge on any atom is -0.369 e. The van der Waals surface area contributed by atoms with Crippen LogP contribution in [-0.2, 0) is 6.42 Å². The Morgan fingerprint density at radius 3 is 2.52 bits per heavy atom. The summed E-state index contributed by atoms with van der Waals surface area (Å²) in [7, 11) is 0. The van der Waals surface area contributed by atoms with E-state index < -0.39 is 0 Å². The molecule has 4 nitrogen and oxygen atoms in total. The van der Waals surface area contributed by atoms with Gasteiger partial charge in [-0.3, -0.25) is 0 Å². The number of halogens is 1. The Morgan fingerprint density at radius 1 is 1.24 bits per heavy atom. The van der Waals surface area contributed by atoms with Crippen LogP contribution in [0.5, 0.6) is 0 Å². The van der Waals surface area contributed by atoms with Crippen molar-refractivity contribution in [2.24, 2.45) is 5.73 Å². The molecule has 3 rings (SSSR count). The van der Waals surface area contributed by atoms with Crippen molar-refractivity contribution in [3.63, 3.8) is 0 Å². The summed E-state index contributed by atoms with van der Waals surface area (Å²) in [5, 5.41) is 5.33. The Kier molecular flexibility index (Phi) is 4.17. The maximum Gasteiger partial charge on any atom is 0.0789 e. The molecule has 1 saturated heterocycles. The Hall–Kier alpha value is -1.52. The number of aromatic nitrogens is 2. The Morgan fingerprint density at radius 2 is 1.90 bits per heavy atom. The van der Waals surface area contributed by atoms with Crippen LogP contribution in [0.3, 0.4) is 0 Å². The molecular formula is C16H21ClN4. The minimum atomic E-state index is 0.345. The highest BCUT2D eigenvalue weighted by molar-refractivity contribution is 6.30. The number of benzene rings is 1. The highest BCUT2D eigenvalue weighted by Gasteiger charge is 2.21. The van der Waals surface area contributed by atoms with Crippen molar-refractivity contribution in [3.8, 4) is 5.69 Å². The first kappa shape index (κ1) is 14.4. The standard InChI is InChI=1S/C16H21ClN4/c1-2-15-16(20-9-7-13(18)8-10-20)11-19-21(15)14-5-3-12(17)4-6-14/h3-6,11,13H,2,7-10,18H2,1H3. The van der Waals surface area contributed by atoms with Crippen LogP contribution in [0.15, 0.2) is 30.5 Å². The number of nitrogens with zero attached hydrogens (tertiary/aromatic N) is 3. The summed E-state index contributed by atoms with van der Waals surface area (Å²) < 4.78 is 2.01. The van der Waals surface area contributed by atoms with Crippen LogP contribution in [0.25, 0.3) is 5.69 Å². The minimum absolute atomic E-state index is 0.345. The van der Waals surface area contributed by atoms with E-state index in [4.69, 9.17) is 17.3 Å². The van der Waals surface area contributed by atoms with Gasteiger partial charge in [0.1, 0.15) is 0 Å². The summed E-state index contributed by atoms with van der Waals surface area (Å²) >= 11 is 5.96. The van der Waals surface area contributed by atoms with Gasteiger partial charge in [-0.2, -0.15) is 5.10 Å². The first-order valence-electron chi connectivity index (χ1n) is 7.52. The summed E-state index contributed by atoms with van der Waals surface area (Å²) in [4.78, 5) is 2.40. The van der Waals surface area contributed by atoms with Crippen molar-refractivity contribution in [1.82, 2.24) is 9.78 Å². The average molecular weight is 305 g/mol. The molecular weight excluding hydrogens is 284 g/mol. The van der Waals surface area contributed by atoms with Crippen molar-refractivity contribution in [1.29, 1.82) is 0 Å². The van der Waals surface area contributed by atoms with E-state index in [1.807, 2.05) is 35.1 Å². The smallest absolute Gasteiger partial charge is 0.0789 e. The molecule has 1 aromatic heterocycles. The number of piperidine rings is 1. The largest absolute Gasteiger partial charge is 0.369 e. The quantitative estimate of drug-likeness (QED) is 0.948. The van der Waals surface area contributed by atoms with Crippen LogP contribution in [0.4, 0.5) is 5.69 Å². The highest BCUT2D eigenvalue weighted by Crippen LogP contribution is 2.26. The predicted molar refractivity (Wildman–Crippen MR) is 87.4 cm³/mol. The van der Waals surface area contributed by atoms with E-state index in [0.717, 1.165) is 43.1 Å². The third-order valence-corrected chi connectivity index (χ3v) is 4.39. The fraction of sp³-hybridized carbons (Fsp3) is 0.438. The van der Waals surface area contributed by atoms with Crippen LogP contribution in [0, 0.1) is 0 Å². The van der Waals surface area contributed by atoms with Gasteiger partial charge in [-0.05, 0) is 43.5 Å². The van der Waals surface area contributed by atoms with Crippen LogP contribution < -0.4 is 10.6 Å². The second-order valence-corrected chi connectivity index (χ2v) is 5.98. The molecule has 0 unspecified atom stereocenters. The molecule has 0 bridgehead atoms. The van der Waals surface area contributed by atoms with Crippen molar-refractivity contribution < 1.29 is 0 Å². The summed E-state index contributed by atoms with van der Waals surface area (Å²) in [5.41, 5.74) is 9.53. The van der Waals surface area contributed by atoms with E-state index >= 15 is 0 Å². The van der Waals surface area contributed by atoms with Crippen molar-refractivity contribution >= 4 is 17.3 Å². The van der Waals surface area contributed by atoms with Gasteiger partial charge in [0.25, 0.3) is 0 Å². The lowest BCUT2D eigenvalue weighted by atomic mass is 10.1. The molecule has 0 saturated carbocycles. The molecule has 1 aliphatic heterocycles. The SMILES string of the molecule is CCc1c(N2CCC(N)CC2)cnn1-c1ccc(Cl)cc1. The van der Waals surface area contributed by atoms with Gasteiger partial charge in [0.2, 0.25) is 0 Å². The van der Waals surface area contributed by atoms with Gasteiger partial charge < -0.3 is 10.6 Å². The zero-order valence-electron chi connectivity index (χ0n) is 12.3. The van der Waals surface area contributed by atoms with Crippen molar-refractivity contribution in [3.05, 3.63) is 41.2 Å². The molecule has 0 aliphatic carbocycles. The predicted octanol–water partition coefficient (Wildman–Crippen LogP) is 3.02. The van der Waals surface area contributed by atoms with E-state index in [9.17, 15) is 0 Å². The van der Waals surface area contributed by atoms with Crippen molar-refractivity contribution in [2.45, 2.75) is 32.2 Å². The van der Waals surface area contributed by atoms with Gasteiger partial charge in [-0.1, -0.05) is 18.5 Å². The number of hydrogen-bond acceptors (Lipinski definition) is 3. The lowest BCUT2D eigenvalue weighted by Crippen LogP contribution is -2.39. The van der Waals surface area contributed by atoms with E-state index in [0.29, 0.717) is 6.04 Å².